The largest absolute Gasteiger partial charge is 0.480 e. The molecule has 1 aliphatic heterocycles. The van der Waals surface area contributed by atoms with Crippen LogP contribution in [-0.2, 0) is 14.9 Å². The highest BCUT2D eigenvalue weighted by Gasteiger charge is 2.33. The highest BCUT2D eigenvalue weighted by molar-refractivity contribution is 5.73. The number of carboxylic acid groups (broad SMARTS) is 1. The Labute approximate surface area is 126 Å². The van der Waals surface area contributed by atoms with Gasteiger partial charge in [-0.15, -0.1) is 0 Å². The van der Waals surface area contributed by atoms with Crippen LogP contribution in [0.2, 0.25) is 0 Å². The molecule has 0 amide bonds. The fourth-order valence-corrected chi connectivity index (χ4v) is 2.75. The first-order valence-electron chi connectivity index (χ1n) is 7.47. The van der Waals surface area contributed by atoms with Crippen molar-refractivity contribution in [1.29, 1.82) is 0 Å². The molecule has 2 rings (SSSR count). The van der Waals surface area contributed by atoms with E-state index in [4.69, 9.17) is 4.74 Å². The third-order valence-corrected chi connectivity index (χ3v) is 4.21. The summed E-state index contributed by atoms with van der Waals surface area (Å²) < 4.78 is 5.30. The fraction of sp³-hybridized carbons (Fsp3) is 0.588. The van der Waals surface area contributed by atoms with Crippen LogP contribution in [0.25, 0.3) is 0 Å². The Kier molecular flexibility index (Phi) is 4.69. The van der Waals surface area contributed by atoms with Crippen molar-refractivity contribution < 1.29 is 14.6 Å². The van der Waals surface area contributed by atoms with E-state index in [2.05, 4.69) is 52.0 Å². The topological polar surface area (TPSA) is 49.8 Å². The summed E-state index contributed by atoms with van der Waals surface area (Å²) in [4.78, 5) is 13.4. The molecule has 1 N–H and O–H groups in total. The molecule has 21 heavy (non-hydrogen) atoms. The second-order valence-electron chi connectivity index (χ2n) is 6.71. The first kappa shape index (κ1) is 16.0. The molecule has 4 nitrogen and oxygen atoms in total. The van der Waals surface area contributed by atoms with E-state index in [0.29, 0.717) is 13.2 Å². The van der Waals surface area contributed by atoms with Gasteiger partial charge in [-0.1, -0.05) is 45.0 Å². The molecular weight excluding hydrogens is 266 g/mol. The lowest BCUT2D eigenvalue weighted by atomic mass is 9.86. The lowest BCUT2D eigenvalue weighted by Gasteiger charge is -2.37. The first-order chi connectivity index (χ1) is 9.80. The van der Waals surface area contributed by atoms with Gasteiger partial charge in [-0.05, 0) is 23.5 Å². The minimum atomic E-state index is -0.812. The summed E-state index contributed by atoms with van der Waals surface area (Å²) in [6, 6.07) is 8.02. The summed E-state index contributed by atoms with van der Waals surface area (Å²) in [6.45, 7) is 10.1. The molecule has 0 saturated carbocycles. The fourth-order valence-electron chi connectivity index (χ4n) is 2.75. The molecule has 2 atom stereocenters. The molecule has 2 unspecified atom stereocenters. The summed E-state index contributed by atoms with van der Waals surface area (Å²) in [5, 5.41) is 9.33. The predicted molar refractivity (Wildman–Crippen MR) is 82.5 cm³/mol. The normalized spacial score (nSPS) is 22.0. The summed E-state index contributed by atoms with van der Waals surface area (Å²) >= 11 is 0. The number of aliphatic carboxylic acids is 1. The van der Waals surface area contributed by atoms with Gasteiger partial charge in [0.2, 0.25) is 0 Å². The molecule has 1 heterocycles. The van der Waals surface area contributed by atoms with Crippen molar-refractivity contribution in [1.82, 2.24) is 4.90 Å². The van der Waals surface area contributed by atoms with E-state index in [0.717, 1.165) is 5.56 Å². The Morgan fingerprint density at radius 2 is 1.95 bits per heavy atom. The van der Waals surface area contributed by atoms with Crippen LogP contribution < -0.4 is 0 Å². The number of rotatable bonds is 3. The molecule has 1 aromatic carbocycles. The molecule has 1 fully saturated rings. The molecule has 0 bridgehead atoms. The van der Waals surface area contributed by atoms with Gasteiger partial charge >= 0.3 is 5.97 Å². The number of hydrogen-bond donors (Lipinski definition) is 1. The Hall–Kier alpha value is -1.39. The number of carboxylic acids is 1. The van der Waals surface area contributed by atoms with Gasteiger partial charge < -0.3 is 9.84 Å². The van der Waals surface area contributed by atoms with Crippen molar-refractivity contribution >= 4 is 5.97 Å². The zero-order valence-corrected chi connectivity index (χ0v) is 13.3. The van der Waals surface area contributed by atoms with Gasteiger partial charge in [0, 0.05) is 12.6 Å². The van der Waals surface area contributed by atoms with Crippen LogP contribution in [0.1, 0.15) is 44.9 Å². The first-order valence-corrected chi connectivity index (χ1v) is 7.47. The van der Waals surface area contributed by atoms with E-state index in [1.54, 1.807) is 0 Å². The molecule has 4 heteroatoms. The maximum absolute atomic E-state index is 11.4. The van der Waals surface area contributed by atoms with Crippen LogP contribution in [-0.4, -0.2) is 41.8 Å². The molecule has 1 aliphatic rings. The van der Waals surface area contributed by atoms with Gasteiger partial charge in [0.1, 0.15) is 6.04 Å². The number of benzene rings is 1. The van der Waals surface area contributed by atoms with E-state index < -0.39 is 12.0 Å². The van der Waals surface area contributed by atoms with Crippen LogP contribution in [0.5, 0.6) is 0 Å². The zero-order chi connectivity index (χ0) is 15.6. The number of carbonyl (C=O) groups is 1. The maximum Gasteiger partial charge on any atom is 0.323 e. The van der Waals surface area contributed by atoms with Crippen molar-refractivity contribution in [3.8, 4) is 0 Å². The van der Waals surface area contributed by atoms with Crippen molar-refractivity contribution in [3.05, 3.63) is 35.4 Å². The van der Waals surface area contributed by atoms with Gasteiger partial charge in [0.25, 0.3) is 0 Å². The number of nitrogens with zero attached hydrogens (tertiary/aromatic N) is 1. The minimum Gasteiger partial charge on any atom is -0.480 e. The summed E-state index contributed by atoms with van der Waals surface area (Å²) in [6.07, 6.45) is 0. The molecular formula is C17H25NO3. The Balaban J connectivity index is 2.18. The maximum atomic E-state index is 11.4. The van der Waals surface area contributed by atoms with Gasteiger partial charge in [0.15, 0.2) is 0 Å². The number of hydrogen-bond acceptors (Lipinski definition) is 3. The summed E-state index contributed by atoms with van der Waals surface area (Å²) in [5.41, 5.74) is 2.57. The Morgan fingerprint density at radius 1 is 1.33 bits per heavy atom. The van der Waals surface area contributed by atoms with E-state index in [-0.39, 0.29) is 18.1 Å². The highest BCUT2D eigenvalue weighted by atomic mass is 16.5. The lowest BCUT2D eigenvalue weighted by molar-refractivity contribution is -0.151. The monoisotopic (exact) mass is 291 g/mol. The summed E-state index contributed by atoms with van der Waals surface area (Å²) in [7, 11) is 0. The average Bonchev–Trinajstić information content (AvgIpc) is 2.45. The van der Waals surface area contributed by atoms with Crippen LogP contribution >= 0.6 is 0 Å². The standard InChI is InChI=1S/C17H25NO3/c1-12(18-9-10-21-11-15(18)16(19)20)13-5-7-14(8-6-13)17(2,3)4/h5-8,12,15H,9-11H2,1-4H3,(H,19,20). The van der Waals surface area contributed by atoms with Crippen LogP contribution in [0.15, 0.2) is 24.3 Å². The molecule has 116 valence electrons. The second kappa shape index (κ2) is 6.16. The van der Waals surface area contributed by atoms with Crippen molar-refractivity contribution in [2.45, 2.75) is 45.2 Å². The number of ether oxygens (including phenoxy) is 1. The highest BCUT2D eigenvalue weighted by Crippen LogP contribution is 2.28. The zero-order valence-electron chi connectivity index (χ0n) is 13.3. The van der Waals surface area contributed by atoms with Crippen LogP contribution in [0.3, 0.4) is 0 Å². The van der Waals surface area contributed by atoms with Crippen molar-refractivity contribution in [2.24, 2.45) is 0 Å². The van der Waals surface area contributed by atoms with Crippen LogP contribution in [0, 0.1) is 0 Å². The van der Waals surface area contributed by atoms with Gasteiger partial charge in [-0.3, -0.25) is 9.69 Å². The van der Waals surface area contributed by atoms with E-state index in [1.165, 1.54) is 5.56 Å². The average molecular weight is 291 g/mol. The van der Waals surface area contributed by atoms with Crippen molar-refractivity contribution in [2.75, 3.05) is 19.8 Å². The number of morpholine rings is 1. The minimum absolute atomic E-state index is 0.0732. The quantitative estimate of drug-likeness (QED) is 0.930. The molecule has 0 radical (unpaired) electrons. The third kappa shape index (κ3) is 3.63. The molecule has 0 aliphatic carbocycles. The lowest BCUT2D eigenvalue weighted by Crippen LogP contribution is -2.50. The Morgan fingerprint density at radius 3 is 2.48 bits per heavy atom. The van der Waals surface area contributed by atoms with Gasteiger partial charge in [-0.25, -0.2) is 0 Å². The predicted octanol–water partition coefficient (Wildman–Crippen LogP) is 2.83. The van der Waals surface area contributed by atoms with E-state index in [1.807, 2.05) is 4.90 Å². The van der Waals surface area contributed by atoms with Crippen LogP contribution in [0.4, 0.5) is 0 Å². The van der Waals surface area contributed by atoms with Gasteiger partial charge in [-0.2, -0.15) is 0 Å². The second-order valence-corrected chi connectivity index (χ2v) is 6.71. The van der Waals surface area contributed by atoms with Gasteiger partial charge in [0.05, 0.1) is 13.2 Å². The van der Waals surface area contributed by atoms with E-state index >= 15 is 0 Å². The van der Waals surface area contributed by atoms with Crippen molar-refractivity contribution in [3.63, 3.8) is 0 Å². The SMILES string of the molecule is CC(c1ccc(C(C)(C)C)cc1)N1CCOCC1C(=O)O. The molecule has 1 saturated heterocycles. The van der Waals surface area contributed by atoms with E-state index in [9.17, 15) is 9.90 Å². The summed E-state index contributed by atoms with van der Waals surface area (Å²) in [5.74, 6) is -0.812. The smallest absolute Gasteiger partial charge is 0.323 e. The molecule has 0 spiro atoms. The molecule has 0 aromatic heterocycles. The molecule has 1 aromatic rings. The Bertz CT molecular complexity index is 490. The third-order valence-electron chi connectivity index (χ3n) is 4.21.